The second-order valence-electron chi connectivity index (χ2n) is 3.83. The fourth-order valence-electron chi connectivity index (χ4n) is 1.76. The zero-order valence-electron chi connectivity index (χ0n) is 9.20. The summed E-state index contributed by atoms with van der Waals surface area (Å²) >= 11 is 5.72. The lowest BCUT2D eigenvalue weighted by atomic mass is 9.98. The number of allylic oxidation sites excluding steroid dienone is 1. The Morgan fingerprint density at radius 3 is 2.53 bits per heavy atom. The average Bonchev–Trinajstić information content (AvgIpc) is 2.81. The van der Waals surface area contributed by atoms with Crippen LogP contribution in [0.4, 0.5) is 0 Å². The number of halogens is 1. The molecule has 1 aliphatic rings. The Bertz CT molecular complexity index is 529. The van der Waals surface area contributed by atoms with Crippen LogP contribution in [-0.2, 0) is 0 Å². The van der Waals surface area contributed by atoms with Crippen molar-refractivity contribution in [3.05, 3.63) is 47.0 Å². The van der Waals surface area contributed by atoms with Crippen molar-refractivity contribution in [1.82, 2.24) is 0 Å². The molecule has 0 spiro atoms. The van der Waals surface area contributed by atoms with Gasteiger partial charge in [0.05, 0.1) is 6.54 Å². The van der Waals surface area contributed by atoms with Gasteiger partial charge in [-0.05, 0) is 11.6 Å². The largest absolute Gasteiger partial charge is 0.304 e. The monoisotopic (exact) mass is 245 g/mol. The van der Waals surface area contributed by atoms with E-state index in [1.165, 1.54) is 0 Å². The van der Waals surface area contributed by atoms with Crippen molar-refractivity contribution in [2.75, 3.05) is 6.54 Å². The number of benzene rings is 1. The van der Waals surface area contributed by atoms with Gasteiger partial charge in [-0.15, -0.1) is 0 Å². The third-order valence-electron chi connectivity index (χ3n) is 2.60. The number of hydrogen-bond donors (Lipinski definition) is 2. The first-order valence-corrected chi connectivity index (χ1v) is 5.65. The zero-order chi connectivity index (χ0) is 12.3. The minimum absolute atomic E-state index is 0.0259. The molecule has 0 amide bonds. The summed E-state index contributed by atoms with van der Waals surface area (Å²) < 4.78 is 0. The molecule has 2 rings (SSSR count). The normalized spacial score (nSPS) is 13.6. The van der Waals surface area contributed by atoms with Crippen LogP contribution in [0, 0.1) is 10.8 Å². The Hall–Kier alpha value is -1.74. The molecule has 1 aromatic carbocycles. The van der Waals surface area contributed by atoms with Crippen LogP contribution in [0.25, 0.3) is 0 Å². The highest BCUT2D eigenvalue weighted by atomic mass is 35.5. The van der Waals surface area contributed by atoms with E-state index in [2.05, 4.69) is 4.99 Å². The van der Waals surface area contributed by atoms with Gasteiger partial charge in [-0.3, -0.25) is 10.4 Å². The summed E-state index contributed by atoms with van der Waals surface area (Å²) in [5, 5.41) is 15.5. The van der Waals surface area contributed by atoms with Crippen LogP contribution < -0.4 is 0 Å². The summed E-state index contributed by atoms with van der Waals surface area (Å²) in [6.07, 6.45) is 4.25. The van der Waals surface area contributed by atoms with Gasteiger partial charge >= 0.3 is 0 Å². The smallest absolute Gasteiger partial charge is 0.128 e. The van der Waals surface area contributed by atoms with Crippen LogP contribution in [0.15, 0.2) is 40.9 Å². The van der Waals surface area contributed by atoms with Gasteiger partial charge in [0.25, 0.3) is 0 Å². The maximum Gasteiger partial charge on any atom is 0.128 e. The summed E-state index contributed by atoms with van der Waals surface area (Å²) in [4.78, 5) is 4.09. The molecule has 0 bridgehead atoms. The van der Waals surface area contributed by atoms with Crippen molar-refractivity contribution in [1.29, 1.82) is 10.8 Å². The Morgan fingerprint density at radius 1 is 1.24 bits per heavy atom. The summed E-state index contributed by atoms with van der Waals surface area (Å²) in [6, 6.07) is 7.26. The van der Waals surface area contributed by atoms with Gasteiger partial charge < -0.3 is 5.41 Å². The van der Waals surface area contributed by atoms with E-state index in [1.807, 2.05) is 24.3 Å². The van der Waals surface area contributed by atoms with Crippen LogP contribution in [-0.4, -0.2) is 23.6 Å². The molecular formula is C13H12ClN3. The lowest BCUT2D eigenvalue weighted by molar-refractivity contribution is 1.12. The highest BCUT2D eigenvalue weighted by Gasteiger charge is 2.12. The molecule has 3 nitrogen and oxygen atoms in total. The fraction of sp³-hybridized carbons (Fsp3) is 0.154. The fourth-order valence-corrected chi connectivity index (χ4v) is 1.92. The van der Waals surface area contributed by atoms with Gasteiger partial charge in [0.15, 0.2) is 0 Å². The van der Waals surface area contributed by atoms with E-state index < -0.39 is 0 Å². The Labute approximate surface area is 105 Å². The molecule has 0 saturated heterocycles. The number of rotatable bonds is 4. The molecule has 1 heterocycles. The first-order chi connectivity index (χ1) is 8.18. The van der Waals surface area contributed by atoms with Crippen LogP contribution in [0.5, 0.6) is 0 Å². The molecule has 0 unspecified atom stereocenters. The van der Waals surface area contributed by atoms with Gasteiger partial charge in [0, 0.05) is 29.5 Å². The van der Waals surface area contributed by atoms with Crippen molar-refractivity contribution < 1.29 is 0 Å². The first-order valence-electron chi connectivity index (χ1n) is 5.27. The predicted molar refractivity (Wildman–Crippen MR) is 72.0 cm³/mol. The van der Waals surface area contributed by atoms with Crippen LogP contribution in [0.2, 0.25) is 0 Å². The van der Waals surface area contributed by atoms with E-state index in [9.17, 15) is 0 Å². The molecule has 0 atom stereocenters. The molecule has 4 heteroatoms. The van der Waals surface area contributed by atoms with E-state index in [0.717, 1.165) is 11.1 Å². The average molecular weight is 246 g/mol. The van der Waals surface area contributed by atoms with E-state index in [0.29, 0.717) is 24.2 Å². The lowest BCUT2D eigenvalue weighted by Crippen LogP contribution is -2.07. The third kappa shape index (κ3) is 2.68. The lowest BCUT2D eigenvalue weighted by Gasteiger charge is -2.09. The molecule has 0 saturated carbocycles. The minimum Gasteiger partial charge on any atom is -0.304 e. The van der Waals surface area contributed by atoms with E-state index in [-0.39, 0.29) is 5.17 Å². The first kappa shape index (κ1) is 11.7. The van der Waals surface area contributed by atoms with Crippen LogP contribution in [0.1, 0.15) is 17.5 Å². The SMILES string of the molecule is N=C(Cl)c1ccccc1C(=N)CC1=CC=NC1. The quantitative estimate of drug-likeness (QED) is 0.767. The molecule has 1 aliphatic heterocycles. The number of nitrogens with one attached hydrogen (secondary N) is 2. The molecule has 0 fully saturated rings. The van der Waals surface area contributed by atoms with Crippen molar-refractivity contribution >= 4 is 28.7 Å². The van der Waals surface area contributed by atoms with Crippen molar-refractivity contribution in [2.45, 2.75) is 6.42 Å². The minimum atomic E-state index is -0.0259. The van der Waals surface area contributed by atoms with Crippen molar-refractivity contribution in [2.24, 2.45) is 4.99 Å². The second-order valence-corrected chi connectivity index (χ2v) is 4.21. The Balaban J connectivity index is 2.21. The number of nitrogens with zero attached hydrogens (tertiary/aromatic N) is 1. The van der Waals surface area contributed by atoms with Crippen LogP contribution in [0.3, 0.4) is 0 Å². The second kappa shape index (κ2) is 5.06. The van der Waals surface area contributed by atoms with Gasteiger partial charge in [-0.25, -0.2) is 0 Å². The summed E-state index contributed by atoms with van der Waals surface area (Å²) in [6.45, 7) is 0.670. The topological polar surface area (TPSA) is 60.1 Å². The number of aliphatic imine (C=N–C) groups is 1. The van der Waals surface area contributed by atoms with Gasteiger partial charge in [-0.1, -0.05) is 35.9 Å². The summed E-state index contributed by atoms with van der Waals surface area (Å²) in [5.41, 5.74) is 2.92. The van der Waals surface area contributed by atoms with Gasteiger partial charge in [0.1, 0.15) is 5.17 Å². The van der Waals surface area contributed by atoms with Crippen molar-refractivity contribution in [3.8, 4) is 0 Å². The van der Waals surface area contributed by atoms with Crippen molar-refractivity contribution in [3.63, 3.8) is 0 Å². The highest BCUT2D eigenvalue weighted by molar-refractivity contribution is 6.69. The Kier molecular flexibility index (Phi) is 3.49. The van der Waals surface area contributed by atoms with Gasteiger partial charge in [0.2, 0.25) is 0 Å². The van der Waals surface area contributed by atoms with E-state index in [1.54, 1.807) is 12.3 Å². The molecule has 0 aliphatic carbocycles. The standard InChI is InChI=1S/C13H12ClN3/c14-13(16)11-4-2-1-3-10(11)12(15)7-9-5-6-17-8-9/h1-6,15-16H,7-8H2. The molecular weight excluding hydrogens is 234 g/mol. The van der Waals surface area contributed by atoms with Gasteiger partial charge in [-0.2, -0.15) is 0 Å². The van der Waals surface area contributed by atoms with E-state index >= 15 is 0 Å². The molecule has 1 aromatic rings. The molecule has 0 radical (unpaired) electrons. The summed E-state index contributed by atoms with van der Waals surface area (Å²) in [7, 11) is 0. The molecule has 86 valence electrons. The number of hydrogen-bond acceptors (Lipinski definition) is 3. The summed E-state index contributed by atoms with van der Waals surface area (Å²) in [5.74, 6) is 0. The van der Waals surface area contributed by atoms with E-state index in [4.69, 9.17) is 22.4 Å². The molecule has 0 aromatic heterocycles. The highest BCUT2D eigenvalue weighted by Crippen LogP contribution is 2.17. The third-order valence-corrected chi connectivity index (χ3v) is 2.81. The zero-order valence-corrected chi connectivity index (χ0v) is 9.96. The Morgan fingerprint density at radius 2 is 1.94 bits per heavy atom. The molecule has 2 N–H and O–H groups in total. The van der Waals surface area contributed by atoms with Crippen LogP contribution >= 0.6 is 11.6 Å². The predicted octanol–water partition coefficient (Wildman–Crippen LogP) is 3.02. The maximum absolute atomic E-state index is 8.08. The maximum atomic E-state index is 8.08. The molecule has 17 heavy (non-hydrogen) atoms.